The number of sulfonamides is 1. The molecule has 0 aliphatic heterocycles. The Labute approximate surface area is 110 Å². The standard InChI is InChI=1S/C12H12FN3O2S/c1-8-2-3-9(6-10(8)13)16-19(17,18)12-7-15-5-4-11(12)14/h2-7,16H,1H3,(H2,14,15). The molecule has 0 spiro atoms. The molecule has 1 heterocycles. The highest BCUT2D eigenvalue weighted by Crippen LogP contribution is 2.21. The zero-order valence-corrected chi connectivity index (χ0v) is 10.9. The summed E-state index contributed by atoms with van der Waals surface area (Å²) < 4.78 is 39.8. The molecule has 0 aliphatic carbocycles. The number of rotatable bonds is 3. The molecule has 0 bridgehead atoms. The third-order valence-electron chi connectivity index (χ3n) is 2.53. The predicted octanol–water partition coefficient (Wildman–Crippen LogP) is 1.91. The van der Waals surface area contributed by atoms with E-state index in [0.717, 1.165) is 12.3 Å². The Morgan fingerprint density at radius 1 is 1.32 bits per heavy atom. The van der Waals surface area contributed by atoms with Crippen LogP contribution in [0.15, 0.2) is 41.6 Å². The number of hydrogen-bond donors (Lipinski definition) is 2. The van der Waals surface area contributed by atoms with Crippen molar-refractivity contribution in [1.82, 2.24) is 4.98 Å². The van der Waals surface area contributed by atoms with E-state index in [2.05, 4.69) is 9.71 Å². The molecule has 7 heteroatoms. The van der Waals surface area contributed by atoms with Crippen molar-refractivity contribution in [2.24, 2.45) is 0 Å². The van der Waals surface area contributed by atoms with Gasteiger partial charge >= 0.3 is 0 Å². The van der Waals surface area contributed by atoms with Gasteiger partial charge in [-0.2, -0.15) is 0 Å². The molecule has 2 aromatic rings. The van der Waals surface area contributed by atoms with Crippen LogP contribution in [-0.2, 0) is 10.0 Å². The summed E-state index contributed by atoms with van der Waals surface area (Å²) in [6.07, 6.45) is 2.53. The first-order valence-corrected chi connectivity index (χ1v) is 6.87. The summed E-state index contributed by atoms with van der Waals surface area (Å²) in [5.41, 5.74) is 6.22. The van der Waals surface area contributed by atoms with Gasteiger partial charge in [-0.3, -0.25) is 9.71 Å². The van der Waals surface area contributed by atoms with Crippen LogP contribution < -0.4 is 10.5 Å². The molecule has 0 unspecified atom stereocenters. The molecule has 0 radical (unpaired) electrons. The van der Waals surface area contributed by atoms with Gasteiger partial charge in [0.2, 0.25) is 0 Å². The zero-order valence-electron chi connectivity index (χ0n) is 10.1. The second kappa shape index (κ2) is 4.85. The molecule has 19 heavy (non-hydrogen) atoms. The minimum absolute atomic E-state index is 0.0788. The van der Waals surface area contributed by atoms with Crippen molar-refractivity contribution in [3.8, 4) is 0 Å². The molecule has 0 aliphatic rings. The molecule has 0 saturated heterocycles. The van der Waals surface area contributed by atoms with Crippen LogP contribution in [0.5, 0.6) is 0 Å². The zero-order chi connectivity index (χ0) is 14.0. The van der Waals surface area contributed by atoms with E-state index in [4.69, 9.17) is 5.73 Å². The van der Waals surface area contributed by atoms with E-state index < -0.39 is 15.8 Å². The lowest BCUT2D eigenvalue weighted by atomic mass is 10.2. The van der Waals surface area contributed by atoms with Crippen molar-refractivity contribution in [2.45, 2.75) is 11.8 Å². The van der Waals surface area contributed by atoms with Gasteiger partial charge in [0.05, 0.1) is 11.4 Å². The topological polar surface area (TPSA) is 85.1 Å². The van der Waals surface area contributed by atoms with E-state index in [1.54, 1.807) is 6.92 Å². The van der Waals surface area contributed by atoms with Crippen LogP contribution in [0, 0.1) is 12.7 Å². The molecular formula is C12H12FN3O2S. The highest BCUT2D eigenvalue weighted by Gasteiger charge is 2.18. The maximum atomic E-state index is 13.4. The number of nitrogen functional groups attached to an aromatic ring is 1. The summed E-state index contributed by atoms with van der Waals surface area (Å²) in [5, 5.41) is 0. The molecule has 0 atom stereocenters. The van der Waals surface area contributed by atoms with E-state index in [1.165, 1.54) is 24.4 Å². The number of nitrogens with zero attached hydrogens (tertiary/aromatic N) is 1. The summed E-state index contributed by atoms with van der Waals surface area (Å²) in [6, 6.07) is 5.45. The Morgan fingerprint density at radius 2 is 2.05 bits per heavy atom. The van der Waals surface area contributed by atoms with E-state index in [9.17, 15) is 12.8 Å². The summed E-state index contributed by atoms with van der Waals surface area (Å²) in [5.74, 6) is -0.487. The van der Waals surface area contributed by atoms with E-state index in [-0.39, 0.29) is 16.3 Å². The number of hydrogen-bond acceptors (Lipinski definition) is 4. The lowest BCUT2D eigenvalue weighted by molar-refractivity contribution is 0.601. The molecule has 100 valence electrons. The fourth-order valence-electron chi connectivity index (χ4n) is 1.48. The quantitative estimate of drug-likeness (QED) is 0.900. The van der Waals surface area contributed by atoms with Crippen molar-refractivity contribution in [2.75, 3.05) is 10.5 Å². The Morgan fingerprint density at radius 3 is 2.68 bits per heavy atom. The number of benzene rings is 1. The van der Waals surface area contributed by atoms with Crippen LogP contribution in [0.1, 0.15) is 5.56 Å². The Hall–Kier alpha value is -2.15. The number of nitrogens with two attached hydrogens (primary N) is 1. The van der Waals surface area contributed by atoms with Crippen LogP contribution >= 0.6 is 0 Å². The molecule has 0 saturated carbocycles. The smallest absolute Gasteiger partial charge is 0.265 e. The largest absolute Gasteiger partial charge is 0.398 e. The lowest BCUT2D eigenvalue weighted by Crippen LogP contribution is -2.15. The summed E-state index contributed by atoms with van der Waals surface area (Å²) in [6.45, 7) is 1.59. The second-order valence-corrected chi connectivity index (χ2v) is 5.63. The summed E-state index contributed by atoms with van der Waals surface area (Å²) in [4.78, 5) is 3.57. The average Bonchev–Trinajstić information content (AvgIpc) is 2.34. The van der Waals surface area contributed by atoms with Gasteiger partial charge < -0.3 is 5.73 Å². The molecular weight excluding hydrogens is 269 g/mol. The molecule has 0 fully saturated rings. The number of anilines is 2. The van der Waals surface area contributed by atoms with Gasteiger partial charge in [-0.05, 0) is 30.7 Å². The number of aryl methyl sites for hydroxylation is 1. The number of nitrogens with one attached hydrogen (secondary N) is 1. The highest BCUT2D eigenvalue weighted by molar-refractivity contribution is 7.92. The molecule has 0 amide bonds. The number of halogens is 1. The highest BCUT2D eigenvalue weighted by atomic mass is 32.2. The SMILES string of the molecule is Cc1ccc(NS(=O)(=O)c2cnccc2N)cc1F. The van der Waals surface area contributed by atoms with E-state index >= 15 is 0 Å². The van der Waals surface area contributed by atoms with Crippen LogP contribution in [0.3, 0.4) is 0 Å². The average molecular weight is 281 g/mol. The molecule has 1 aromatic heterocycles. The summed E-state index contributed by atoms with van der Waals surface area (Å²) >= 11 is 0. The van der Waals surface area contributed by atoms with Gasteiger partial charge in [0.1, 0.15) is 10.7 Å². The van der Waals surface area contributed by atoms with Gasteiger partial charge in [0.15, 0.2) is 0 Å². The number of aromatic nitrogens is 1. The van der Waals surface area contributed by atoms with Crippen molar-refractivity contribution in [1.29, 1.82) is 0 Å². The minimum atomic E-state index is -3.88. The monoisotopic (exact) mass is 281 g/mol. The van der Waals surface area contributed by atoms with Crippen molar-refractivity contribution in [3.63, 3.8) is 0 Å². The van der Waals surface area contributed by atoms with Crippen LogP contribution in [0.4, 0.5) is 15.8 Å². The van der Waals surface area contributed by atoms with Gasteiger partial charge in [-0.15, -0.1) is 0 Å². The molecule has 3 N–H and O–H groups in total. The Kier molecular flexibility index (Phi) is 3.39. The predicted molar refractivity (Wildman–Crippen MR) is 70.6 cm³/mol. The maximum absolute atomic E-state index is 13.4. The molecule has 5 nitrogen and oxygen atoms in total. The first kappa shape index (κ1) is 13.3. The third kappa shape index (κ3) is 2.82. The first-order valence-electron chi connectivity index (χ1n) is 5.38. The fourth-order valence-corrected chi connectivity index (χ4v) is 2.61. The van der Waals surface area contributed by atoms with Crippen LogP contribution in [0.25, 0.3) is 0 Å². The van der Waals surface area contributed by atoms with Gasteiger partial charge in [-0.1, -0.05) is 6.07 Å². The minimum Gasteiger partial charge on any atom is -0.398 e. The third-order valence-corrected chi connectivity index (χ3v) is 3.95. The van der Waals surface area contributed by atoms with Crippen molar-refractivity contribution in [3.05, 3.63) is 48.0 Å². The normalized spacial score (nSPS) is 11.3. The van der Waals surface area contributed by atoms with Gasteiger partial charge in [-0.25, -0.2) is 12.8 Å². The molecule has 1 aromatic carbocycles. The first-order chi connectivity index (χ1) is 8.90. The summed E-state index contributed by atoms with van der Waals surface area (Å²) in [7, 11) is -3.88. The lowest BCUT2D eigenvalue weighted by Gasteiger charge is -2.10. The van der Waals surface area contributed by atoms with Crippen molar-refractivity contribution < 1.29 is 12.8 Å². The second-order valence-electron chi connectivity index (χ2n) is 3.98. The fraction of sp³-hybridized carbons (Fsp3) is 0.0833. The Bertz CT molecular complexity index is 717. The van der Waals surface area contributed by atoms with Gasteiger partial charge in [0, 0.05) is 12.4 Å². The molecule has 2 rings (SSSR count). The van der Waals surface area contributed by atoms with E-state index in [1.807, 2.05) is 0 Å². The van der Waals surface area contributed by atoms with Crippen LogP contribution in [0.2, 0.25) is 0 Å². The van der Waals surface area contributed by atoms with Gasteiger partial charge in [0.25, 0.3) is 10.0 Å². The van der Waals surface area contributed by atoms with Crippen LogP contribution in [-0.4, -0.2) is 13.4 Å². The van der Waals surface area contributed by atoms with E-state index in [0.29, 0.717) is 5.56 Å². The van der Waals surface area contributed by atoms with Crippen molar-refractivity contribution >= 4 is 21.4 Å². The maximum Gasteiger partial charge on any atom is 0.265 e. The Balaban J connectivity index is 2.37. The number of pyridine rings is 1.